The second-order valence-electron chi connectivity index (χ2n) is 4.01. The van der Waals surface area contributed by atoms with Crippen LogP contribution >= 0.6 is 0 Å². The van der Waals surface area contributed by atoms with Gasteiger partial charge in [-0.25, -0.2) is 13.1 Å². The predicted octanol–water partition coefficient (Wildman–Crippen LogP) is 2.39. The highest BCUT2D eigenvalue weighted by Gasteiger charge is 2.15. The van der Waals surface area contributed by atoms with E-state index in [1.807, 2.05) is 45.0 Å². The number of sulfonamides is 1. The highest BCUT2D eigenvalue weighted by Crippen LogP contribution is 2.17. The topological polar surface area (TPSA) is 46.2 Å². The highest BCUT2D eigenvalue weighted by molar-refractivity contribution is 7.89. The van der Waals surface area contributed by atoms with Crippen molar-refractivity contribution in [3.8, 4) is 0 Å². The molecule has 0 aliphatic carbocycles. The van der Waals surface area contributed by atoms with Gasteiger partial charge in [0.25, 0.3) is 0 Å². The fourth-order valence-corrected chi connectivity index (χ4v) is 3.05. The lowest BCUT2D eigenvalue weighted by atomic mass is 10.0. The zero-order chi connectivity index (χ0) is 12.2. The van der Waals surface area contributed by atoms with Crippen molar-refractivity contribution in [2.45, 2.75) is 33.2 Å². The third kappa shape index (κ3) is 3.61. The number of nitrogens with one attached hydrogen (secondary N) is 1. The van der Waals surface area contributed by atoms with Crippen molar-refractivity contribution in [1.29, 1.82) is 0 Å². The van der Waals surface area contributed by atoms with Crippen LogP contribution in [0.5, 0.6) is 0 Å². The Bertz CT molecular complexity index is 440. The van der Waals surface area contributed by atoms with Gasteiger partial charge in [-0.05, 0) is 31.4 Å². The average Bonchev–Trinajstić information content (AvgIpc) is 2.17. The minimum atomic E-state index is -3.15. The Morgan fingerprint density at radius 3 is 2.50 bits per heavy atom. The van der Waals surface area contributed by atoms with Crippen LogP contribution in [0, 0.1) is 6.92 Å². The normalized spacial score (nSPS) is 13.7. The van der Waals surface area contributed by atoms with Gasteiger partial charge in [-0.3, -0.25) is 0 Å². The van der Waals surface area contributed by atoms with Crippen molar-refractivity contribution in [2.24, 2.45) is 0 Å². The van der Waals surface area contributed by atoms with Gasteiger partial charge in [0.05, 0.1) is 5.75 Å². The first-order chi connectivity index (χ1) is 7.46. The minimum absolute atomic E-state index is 0.169. The zero-order valence-corrected chi connectivity index (χ0v) is 10.8. The van der Waals surface area contributed by atoms with E-state index in [0.717, 1.165) is 11.1 Å². The maximum absolute atomic E-state index is 11.6. The van der Waals surface area contributed by atoms with Crippen LogP contribution in [-0.4, -0.2) is 14.2 Å². The Balaban J connectivity index is 2.81. The summed E-state index contributed by atoms with van der Waals surface area (Å²) in [6.45, 7) is 5.72. The number of benzene rings is 1. The molecule has 0 aromatic heterocycles. The molecule has 0 saturated heterocycles. The van der Waals surface area contributed by atoms with Crippen molar-refractivity contribution in [2.75, 3.05) is 5.75 Å². The van der Waals surface area contributed by atoms with Crippen molar-refractivity contribution >= 4 is 10.0 Å². The van der Waals surface area contributed by atoms with Gasteiger partial charge in [0.2, 0.25) is 10.0 Å². The molecule has 0 saturated carbocycles. The van der Waals surface area contributed by atoms with Gasteiger partial charge < -0.3 is 0 Å². The van der Waals surface area contributed by atoms with Crippen LogP contribution in [0.1, 0.15) is 37.4 Å². The molecule has 0 aliphatic heterocycles. The van der Waals surface area contributed by atoms with Gasteiger partial charge in [0.1, 0.15) is 0 Å². The first-order valence-corrected chi connectivity index (χ1v) is 7.17. The molecule has 1 rings (SSSR count). The lowest BCUT2D eigenvalue weighted by Crippen LogP contribution is -2.29. The molecule has 1 aromatic carbocycles. The monoisotopic (exact) mass is 241 g/mol. The standard InChI is InChI=1S/C12H19NO2S/c1-4-9-16(14,15)13-11(3)12-8-6-5-7-10(12)2/h5-8,11,13H,4,9H2,1-3H3/t11-/m1/s1. The molecule has 3 nitrogen and oxygen atoms in total. The summed E-state index contributed by atoms with van der Waals surface area (Å²) in [6, 6.07) is 7.64. The van der Waals surface area contributed by atoms with Gasteiger partial charge in [-0.1, -0.05) is 31.2 Å². The Morgan fingerprint density at radius 1 is 1.31 bits per heavy atom. The molecule has 0 heterocycles. The van der Waals surface area contributed by atoms with E-state index in [4.69, 9.17) is 0 Å². The van der Waals surface area contributed by atoms with E-state index >= 15 is 0 Å². The lowest BCUT2D eigenvalue weighted by molar-refractivity contribution is 0.565. The quantitative estimate of drug-likeness (QED) is 0.860. The van der Waals surface area contributed by atoms with Crippen LogP contribution in [0.15, 0.2) is 24.3 Å². The molecule has 16 heavy (non-hydrogen) atoms. The second-order valence-corrected chi connectivity index (χ2v) is 5.89. The molecule has 0 amide bonds. The van der Waals surface area contributed by atoms with Gasteiger partial charge in [-0.15, -0.1) is 0 Å². The van der Waals surface area contributed by atoms with E-state index in [0.29, 0.717) is 6.42 Å². The fourth-order valence-electron chi connectivity index (χ4n) is 1.73. The second kappa shape index (κ2) is 5.46. The summed E-state index contributed by atoms with van der Waals surface area (Å²) in [5.74, 6) is 0.184. The SMILES string of the molecule is CCCS(=O)(=O)N[C@H](C)c1ccccc1C. The lowest BCUT2D eigenvalue weighted by Gasteiger charge is -2.16. The smallest absolute Gasteiger partial charge is 0.212 e. The molecule has 0 radical (unpaired) electrons. The molecule has 1 atom stereocenters. The number of hydrogen-bond donors (Lipinski definition) is 1. The molecule has 1 aromatic rings. The van der Waals surface area contributed by atoms with Crippen LogP contribution in [0.4, 0.5) is 0 Å². The molecule has 0 unspecified atom stereocenters. The van der Waals surface area contributed by atoms with Gasteiger partial charge in [0.15, 0.2) is 0 Å². The molecule has 0 aliphatic rings. The summed E-state index contributed by atoms with van der Waals surface area (Å²) in [7, 11) is -3.15. The summed E-state index contributed by atoms with van der Waals surface area (Å²) >= 11 is 0. The van der Waals surface area contributed by atoms with Gasteiger partial charge in [-0.2, -0.15) is 0 Å². The molecule has 90 valence electrons. The van der Waals surface area contributed by atoms with E-state index in [9.17, 15) is 8.42 Å². The van der Waals surface area contributed by atoms with Crippen LogP contribution in [-0.2, 0) is 10.0 Å². The van der Waals surface area contributed by atoms with Crippen molar-refractivity contribution in [3.05, 3.63) is 35.4 Å². The minimum Gasteiger partial charge on any atom is -0.212 e. The summed E-state index contributed by atoms with van der Waals surface area (Å²) in [5.41, 5.74) is 2.14. The molecule has 0 fully saturated rings. The summed E-state index contributed by atoms with van der Waals surface area (Å²) in [6.07, 6.45) is 0.635. The number of rotatable bonds is 5. The van der Waals surface area contributed by atoms with Crippen LogP contribution in [0.25, 0.3) is 0 Å². The Labute approximate surface area is 97.9 Å². The maximum Gasteiger partial charge on any atom is 0.212 e. The average molecular weight is 241 g/mol. The number of hydrogen-bond acceptors (Lipinski definition) is 2. The summed E-state index contributed by atoms with van der Waals surface area (Å²) in [4.78, 5) is 0. The van der Waals surface area contributed by atoms with Crippen LogP contribution < -0.4 is 4.72 Å². The maximum atomic E-state index is 11.6. The largest absolute Gasteiger partial charge is 0.212 e. The summed E-state index contributed by atoms with van der Waals surface area (Å²) < 4.78 is 25.9. The van der Waals surface area contributed by atoms with E-state index < -0.39 is 10.0 Å². The Morgan fingerprint density at radius 2 is 1.94 bits per heavy atom. The van der Waals surface area contributed by atoms with Crippen molar-refractivity contribution in [1.82, 2.24) is 4.72 Å². The van der Waals surface area contributed by atoms with E-state index in [1.165, 1.54) is 0 Å². The molecule has 0 spiro atoms. The fraction of sp³-hybridized carbons (Fsp3) is 0.500. The first kappa shape index (κ1) is 13.2. The van der Waals surface area contributed by atoms with Crippen LogP contribution in [0.2, 0.25) is 0 Å². The van der Waals surface area contributed by atoms with Crippen molar-refractivity contribution in [3.63, 3.8) is 0 Å². The predicted molar refractivity (Wildman–Crippen MR) is 66.8 cm³/mol. The van der Waals surface area contributed by atoms with E-state index in [-0.39, 0.29) is 11.8 Å². The first-order valence-electron chi connectivity index (χ1n) is 5.52. The zero-order valence-electron chi connectivity index (χ0n) is 10.0. The number of aryl methyl sites for hydroxylation is 1. The highest BCUT2D eigenvalue weighted by atomic mass is 32.2. The van der Waals surface area contributed by atoms with Crippen molar-refractivity contribution < 1.29 is 8.42 Å². The van der Waals surface area contributed by atoms with Gasteiger partial charge >= 0.3 is 0 Å². The van der Waals surface area contributed by atoms with E-state index in [2.05, 4.69) is 4.72 Å². The third-order valence-corrected chi connectivity index (χ3v) is 4.14. The van der Waals surface area contributed by atoms with Gasteiger partial charge in [0, 0.05) is 6.04 Å². The molecule has 1 N–H and O–H groups in total. The molecular formula is C12H19NO2S. The third-order valence-electron chi connectivity index (χ3n) is 2.48. The summed E-state index contributed by atoms with van der Waals surface area (Å²) in [5, 5.41) is 0. The molecular weight excluding hydrogens is 222 g/mol. The molecule has 0 bridgehead atoms. The Kier molecular flexibility index (Phi) is 4.50. The Hall–Kier alpha value is -0.870. The van der Waals surface area contributed by atoms with Crippen LogP contribution in [0.3, 0.4) is 0 Å². The van der Waals surface area contributed by atoms with E-state index in [1.54, 1.807) is 0 Å². The molecule has 4 heteroatoms.